The van der Waals surface area contributed by atoms with E-state index in [2.05, 4.69) is 9.97 Å². The Morgan fingerprint density at radius 1 is 1.12 bits per heavy atom. The number of aromatic nitrogens is 2. The second kappa shape index (κ2) is 8.65. The van der Waals surface area contributed by atoms with Crippen molar-refractivity contribution in [3.8, 4) is 23.5 Å². The van der Waals surface area contributed by atoms with Crippen molar-refractivity contribution in [2.24, 2.45) is 0 Å². The molecule has 1 aromatic heterocycles. The number of hydrogen-bond acceptors (Lipinski definition) is 8. The summed E-state index contributed by atoms with van der Waals surface area (Å²) in [7, 11) is 2.82. The number of carboxylic acid groups (broad SMARTS) is 1. The molecular weight excluding hydrogens is 344 g/mol. The van der Waals surface area contributed by atoms with Gasteiger partial charge in [-0.2, -0.15) is 9.97 Å². The van der Waals surface area contributed by atoms with Gasteiger partial charge in [-0.15, -0.1) is 0 Å². The number of methoxy groups -OCH3 is 2. The molecule has 1 heterocycles. The Kier molecular flexibility index (Phi) is 6.31. The maximum atomic E-state index is 11.7. The van der Waals surface area contributed by atoms with Crippen molar-refractivity contribution in [1.29, 1.82) is 0 Å². The van der Waals surface area contributed by atoms with Gasteiger partial charge in [0.05, 0.1) is 33.3 Å². The summed E-state index contributed by atoms with van der Waals surface area (Å²) in [6.07, 6.45) is -0.199. The van der Waals surface area contributed by atoms with E-state index in [4.69, 9.17) is 18.9 Å². The van der Waals surface area contributed by atoms with Gasteiger partial charge >= 0.3 is 17.9 Å². The van der Waals surface area contributed by atoms with Gasteiger partial charge in [-0.25, -0.2) is 4.79 Å². The van der Waals surface area contributed by atoms with Gasteiger partial charge in [0.1, 0.15) is 11.3 Å². The SMILES string of the molecule is CCOC(=O)Cc1cccc(Oc2nc(OC)cc(OC)n2)c1C(=O)O. The molecule has 9 nitrogen and oxygen atoms in total. The fraction of sp³-hybridized carbons (Fsp3) is 0.294. The standard InChI is InChI=1S/C17H18N2O7/c1-4-25-14(20)8-10-6-5-7-11(15(10)16(21)22)26-17-18-12(23-2)9-13(19-17)24-3/h5-7,9H,4,8H2,1-3H3,(H,21,22). The number of carbonyl (C=O) groups is 2. The number of rotatable bonds is 8. The Morgan fingerprint density at radius 2 is 1.77 bits per heavy atom. The first-order chi connectivity index (χ1) is 12.5. The average Bonchev–Trinajstić information content (AvgIpc) is 2.61. The molecule has 0 fully saturated rings. The summed E-state index contributed by atoms with van der Waals surface area (Å²) in [5.74, 6) is -1.44. The molecule has 0 spiro atoms. The van der Waals surface area contributed by atoms with Crippen molar-refractivity contribution in [3.05, 3.63) is 35.4 Å². The number of carboxylic acids is 1. The van der Waals surface area contributed by atoms with Crippen molar-refractivity contribution in [3.63, 3.8) is 0 Å². The fourth-order valence-electron chi connectivity index (χ4n) is 2.16. The van der Waals surface area contributed by atoms with Crippen LogP contribution < -0.4 is 14.2 Å². The van der Waals surface area contributed by atoms with E-state index in [1.807, 2.05) is 0 Å². The van der Waals surface area contributed by atoms with Gasteiger partial charge in [0.25, 0.3) is 0 Å². The van der Waals surface area contributed by atoms with Gasteiger partial charge in [0, 0.05) is 0 Å². The molecule has 0 bridgehead atoms. The third kappa shape index (κ3) is 4.59. The first kappa shape index (κ1) is 19.0. The molecule has 0 unspecified atom stereocenters. The van der Waals surface area contributed by atoms with Gasteiger partial charge in [-0.05, 0) is 18.6 Å². The first-order valence-electron chi connectivity index (χ1n) is 7.64. The van der Waals surface area contributed by atoms with Crippen molar-refractivity contribution < 1.29 is 33.6 Å². The summed E-state index contributed by atoms with van der Waals surface area (Å²) in [5.41, 5.74) is 0.0780. The van der Waals surface area contributed by atoms with Crippen molar-refractivity contribution in [2.45, 2.75) is 13.3 Å². The second-order valence-corrected chi connectivity index (χ2v) is 4.91. The third-order valence-corrected chi connectivity index (χ3v) is 3.24. The molecule has 0 saturated carbocycles. The zero-order valence-corrected chi connectivity index (χ0v) is 14.5. The minimum Gasteiger partial charge on any atom is -0.481 e. The van der Waals surface area contributed by atoms with Crippen molar-refractivity contribution in [1.82, 2.24) is 9.97 Å². The van der Waals surface area contributed by atoms with Crippen LogP contribution in [-0.4, -0.2) is 47.8 Å². The molecule has 0 saturated heterocycles. The maximum Gasteiger partial charge on any atom is 0.339 e. The minimum atomic E-state index is -1.25. The van der Waals surface area contributed by atoms with E-state index < -0.39 is 11.9 Å². The molecule has 2 aromatic rings. The zero-order valence-electron chi connectivity index (χ0n) is 14.5. The normalized spacial score (nSPS) is 10.1. The largest absolute Gasteiger partial charge is 0.481 e. The van der Waals surface area contributed by atoms with Crippen LogP contribution in [0, 0.1) is 0 Å². The van der Waals surface area contributed by atoms with Crippen molar-refractivity contribution in [2.75, 3.05) is 20.8 Å². The van der Waals surface area contributed by atoms with Crippen LogP contribution in [0.25, 0.3) is 0 Å². The Hall–Kier alpha value is -3.36. The Morgan fingerprint density at radius 3 is 2.31 bits per heavy atom. The highest BCUT2D eigenvalue weighted by molar-refractivity contribution is 5.94. The summed E-state index contributed by atoms with van der Waals surface area (Å²) in [6.45, 7) is 1.87. The molecule has 0 amide bonds. The van der Waals surface area contributed by atoms with E-state index in [1.165, 1.54) is 32.4 Å². The monoisotopic (exact) mass is 362 g/mol. The van der Waals surface area contributed by atoms with Crippen LogP contribution in [0.4, 0.5) is 0 Å². The van der Waals surface area contributed by atoms with Crippen LogP contribution >= 0.6 is 0 Å². The van der Waals surface area contributed by atoms with E-state index >= 15 is 0 Å². The Bertz CT molecular complexity index is 785. The van der Waals surface area contributed by atoms with Crippen molar-refractivity contribution >= 4 is 11.9 Å². The molecule has 26 heavy (non-hydrogen) atoms. The lowest BCUT2D eigenvalue weighted by molar-refractivity contribution is -0.142. The van der Waals surface area contributed by atoms with E-state index in [-0.39, 0.29) is 47.7 Å². The van der Waals surface area contributed by atoms with E-state index in [0.717, 1.165) is 0 Å². The highest BCUT2D eigenvalue weighted by Crippen LogP contribution is 2.29. The minimum absolute atomic E-state index is 0.0189. The fourth-order valence-corrected chi connectivity index (χ4v) is 2.16. The van der Waals surface area contributed by atoms with Crippen LogP contribution in [0.15, 0.2) is 24.3 Å². The number of carbonyl (C=O) groups excluding carboxylic acids is 1. The Balaban J connectivity index is 2.40. The molecule has 2 rings (SSSR count). The summed E-state index contributed by atoms with van der Waals surface area (Å²) in [4.78, 5) is 31.4. The van der Waals surface area contributed by atoms with E-state index in [1.54, 1.807) is 13.0 Å². The number of aromatic carboxylic acids is 1. The lowest BCUT2D eigenvalue weighted by atomic mass is 10.0. The van der Waals surface area contributed by atoms with Gasteiger partial charge in [0.2, 0.25) is 11.8 Å². The van der Waals surface area contributed by atoms with Gasteiger partial charge < -0.3 is 24.1 Å². The lowest BCUT2D eigenvalue weighted by Gasteiger charge is -2.12. The lowest BCUT2D eigenvalue weighted by Crippen LogP contribution is -2.12. The van der Waals surface area contributed by atoms with Gasteiger partial charge in [0.15, 0.2) is 0 Å². The van der Waals surface area contributed by atoms with Crippen LogP contribution in [0.2, 0.25) is 0 Å². The van der Waals surface area contributed by atoms with E-state index in [9.17, 15) is 14.7 Å². The highest BCUT2D eigenvalue weighted by atomic mass is 16.5. The molecule has 138 valence electrons. The second-order valence-electron chi connectivity index (χ2n) is 4.91. The quantitative estimate of drug-likeness (QED) is 0.704. The third-order valence-electron chi connectivity index (χ3n) is 3.24. The zero-order chi connectivity index (χ0) is 19.1. The summed E-state index contributed by atoms with van der Waals surface area (Å²) < 4.78 is 20.4. The van der Waals surface area contributed by atoms with Crippen LogP contribution in [0.3, 0.4) is 0 Å². The molecule has 1 N–H and O–H groups in total. The van der Waals surface area contributed by atoms with E-state index in [0.29, 0.717) is 0 Å². The molecule has 0 aliphatic rings. The molecule has 0 aliphatic heterocycles. The predicted octanol–water partition coefficient (Wildman–Crippen LogP) is 2.09. The highest BCUT2D eigenvalue weighted by Gasteiger charge is 2.21. The summed E-state index contributed by atoms with van der Waals surface area (Å²) in [6, 6.07) is 5.81. The molecule has 0 atom stereocenters. The molecule has 0 radical (unpaired) electrons. The molecule has 9 heteroatoms. The van der Waals surface area contributed by atoms with Crippen LogP contribution in [-0.2, 0) is 16.0 Å². The predicted molar refractivity (Wildman–Crippen MR) is 88.9 cm³/mol. The smallest absolute Gasteiger partial charge is 0.339 e. The van der Waals surface area contributed by atoms with Crippen LogP contribution in [0.5, 0.6) is 23.5 Å². The Labute approximate surface area is 149 Å². The molecule has 1 aromatic carbocycles. The number of benzene rings is 1. The maximum absolute atomic E-state index is 11.7. The number of hydrogen-bond donors (Lipinski definition) is 1. The van der Waals surface area contributed by atoms with Gasteiger partial charge in [-0.3, -0.25) is 4.79 Å². The topological polar surface area (TPSA) is 117 Å². The summed E-state index contributed by atoms with van der Waals surface area (Å²) in [5, 5.41) is 9.55. The molecule has 0 aliphatic carbocycles. The summed E-state index contributed by atoms with van der Waals surface area (Å²) >= 11 is 0. The van der Waals surface area contributed by atoms with Crippen LogP contribution in [0.1, 0.15) is 22.8 Å². The number of ether oxygens (including phenoxy) is 4. The molecular formula is C17H18N2O7. The number of nitrogens with zero attached hydrogens (tertiary/aromatic N) is 2. The first-order valence-corrected chi connectivity index (χ1v) is 7.64. The van der Waals surface area contributed by atoms with Gasteiger partial charge in [-0.1, -0.05) is 12.1 Å². The number of esters is 1. The average molecular weight is 362 g/mol.